The zero-order valence-electron chi connectivity index (χ0n) is 9.18. The molecule has 2 atom stereocenters. The largest absolute Gasteiger partial charge is 0.388 e. The van der Waals surface area contributed by atoms with E-state index >= 15 is 0 Å². The number of aliphatic hydroxyl groups excluding tert-OH is 1. The molecule has 84 valence electrons. The second kappa shape index (κ2) is 4.28. The first-order chi connectivity index (χ1) is 7.27. The molecule has 1 aromatic heterocycles. The maximum absolute atomic E-state index is 9.04. The van der Waals surface area contributed by atoms with Crippen LogP contribution >= 0.6 is 0 Å². The van der Waals surface area contributed by atoms with Crippen LogP contribution in [0.1, 0.15) is 37.3 Å². The van der Waals surface area contributed by atoms with E-state index in [2.05, 4.69) is 17.1 Å². The Balaban J connectivity index is 2.24. The summed E-state index contributed by atoms with van der Waals surface area (Å²) in [6.45, 7) is 2.85. The zero-order chi connectivity index (χ0) is 10.8. The molecule has 0 radical (unpaired) electrons. The number of aliphatic hydroxyl groups is 1. The van der Waals surface area contributed by atoms with Crippen molar-refractivity contribution in [1.82, 2.24) is 14.8 Å². The summed E-state index contributed by atoms with van der Waals surface area (Å²) in [6.07, 6.45) is 2.24. The molecule has 0 bridgehead atoms. The molecule has 1 N–H and O–H groups in total. The van der Waals surface area contributed by atoms with Crippen LogP contribution in [0.15, 0.2) is 0 Å². The molecule has 2 unspecified atom stereocenters. The number of aromatic nitrogens is 3. The Hall–Kier alpha value is -0.940. The Labute approximate surface area is 89.1 Å². The van der Waals surface area contributed by atoms with E-state index in [1.807, 2.05) is 11.6 Å². The predicted octanol–water partition coefficient (Wildman–Crippen LogP) is 0.590. The van der Waals surface area contributed by atoms with Crippen molar-refractivity contribution in [1.29, 1.82) is 0 Å². The molecular weight excluding hydrogens is 194 g/mol. The number of hydrogen-bond acceptors (Lipinski definition) is 4. The molecular formula is C10H17N3O2. The molecule has 2 heterocycles. The van der Waals surface area contributed by atoms with Crippen LogP contribution in [0.3, 0.4) is 0 Å². The van der Waals surface area contributed by atoms with Gasteiger partial charge in [0.25, 0.3) is 0 Å². The third-order valence-corrected chi connectivity index (χ3v) is 3.08. The third kappa shape index (κ3) is 1.77. The van der Waals surface area contributed by atoms with Crippen LogP contribution < -0.4 is 0 Å². The Morgan fingerprint density at radius 3 is 2.93 bits per heavy atom. The van der Waals surface area contributed by atoms with Gasteiger partial charge < -0.3 is 14.4 Å². The molecule has 15 heavy (non-hydrogen) atoms. The lowest BCUT2D eigenvalue weighted by Crippen LogP contribution is -2.17. The molecule has 1 fully saturated rings. The van der Waals surface area contributed by atoms with E-state index in [0.717, 1.165) is 25.3 Å². The fraction of sp³-hybridized carbons (Fsp3) is 0.800. The zero-order valence-corrected chi connectivity index (χ0v) is 9.18. The van der Waals surface area contributed by atoms with E-state index in [1.165, 1.54) is 0 Å². The minimum atomic E-state index is -0.0616. The minimum Gasteiger partial charge on any atom is -0.388 e. The normalized spacial score (nSPS) is 26.1. The highest BCUT2D eigenvalue weighted by molar-refractivity contribution is 5.05. The van der Waals surface area contributed by atoms with Gasteiger partial charge in [-0.2, -0.15) is 0 Å². The van der Waals surface area contributed by atoms with Crippen LogP contribution in [0.5, 0.6) is 0 Å². The number of ether oxygens (including phenoxy) is 1. The maximum Gasteiger partial charge on any atom is 0.158 e. The van der Waals surface area contributed by atoms with Gasteiger partial charge in [0.15, 0.2) is 5.82 Å². The third-order valence-electron chi connectivity index (χ3n) is 3.08. The van der Waals surface area contributed by atoms with Crippen molar-refractivity contribution < 1.29 is 9.84 Å². The van der Waals surface area contributed by atoms with Crippen molar-refractivity contribution in [2.24, 2.45) is 7.05 Å². The van der Waals surface area contributed by atoms with Gasteiger partial charge in [-0.1, -0.05) is 6.92 Å². The number of rotatable bonds is 3. The summed E-state index contributed by atoms with van der Waals surface area (Å²) < 4.78 is 7.50. The molecule has 1 saturated heterocycles. The number of nitrogens with zero attached hydrogens (tertiary/aromatic N) is 3. The average molecular weight is 211 g/mol. The fourth-order valence-corrected chi connectivity index (χ4v) is 2.18. The number of hydrogen-bond donors (Lipinski definition) is 1. The second-order valence-corrected chi connectivity index (χ2v) is 3.90. The smallest absolute Gasteiger partial charge is 0.158 e. The van der Waals surface area contributed by atoms with Gasteiger partial charge in [-0.15, -0.1) is 10.2 Å². The lowest BCUT2D eigenvalue weighted by atomic mass is 9.99. The van der Waals surface area contributed by atoms with Gasteiger partial charge >= 0.3 is 0 Å². The first-order valence-electron chi connectivity index (χ1n) is 5.38. The van der Waals surface area contributed by atoms with E-state index < -0.39 is 0 Å². The summed E-state index contributed by atoms with van der Waals surface area (Å²) in [6, 6.07) is 0. The van der Waals surface area contributed by atoms with E-state index in [1.54, 1.807) is 0 Å². The molecule has 1 aromatic rings. The van der Waals surface area contributed by atoms with Gasteiger partial charge in [0.2, 0.25) is 0 Å². The Kier molecular flexibility index (Phi) is 3.02. The summed E-state index contributed by atoms with van der Waals surface area (Å²) in [5.41, 5.74) is 0. The first kappa shape index (κ1) is 10.6. The van der Waals surface area contributed by atoms with E-state index in [-0.39, 0.29) is 12.7 Å². The van der Waals surface area contributed by atoms with Gasteiger partial charge in [0.05, 0.1) is 6.10 Å². The Bertz CT molecular complexity index is 337. The highest BCUT2D eigenvalue weighted by atomic mass is 16.5. The summed E-state index contributed by atoms with van der Waals surface area (Å²) >= 11 is 0. The lowest BCUT2D eigenvalue weighted by Gasteiger charge is -2.15. The molecule has 1 aliphatic heterocycles. The van der Waals surface area contributed by atoms with Gasteiger partial charge in [0.1, 0.15) is 12.4 Å². The van der Waals surface area contributed by atoms with Gasteiger partial charge in [-0.05, 0) is 12.8 Å². The molecule has 5 heteroatoms. The van der Waals surface area contributed by atoms with Gasteiger partial charge in [-0.25, -0.2) is 0 Å². The first-order valence-corrected chi connectivity index (χ1v) is 5.38. The van der Waals surface area contributed by atoms with Crippen LogP contribution in [0.2, 0.25) is 0 Å². The molecule has 0 saturated carbocycles. The molecule has 0 aromatic carbocycles. The van der Waals surface area contributed by atoms with Crippen molar-refractivity contribution >= 4 is 0 Å². The summed E-state index contributed by atoms with van der Waals surface area (Å²) in [5, 5.41) is 17.1. The minimum absolute atomic E-state index is 0.0616. The molecule has 0 amide bonds. The molecule has 0 aliphatic carbocycles. The quantitative estimate of drug-likeness (QED) is 0.795. The van der Waals surface area contributed by atoms with Gasteiger partial charge in [0, 0.05) is 19.6 Å². The van der Waals surface area contributed by atoms with Crippen molar-refractivity contribution in [3.05, 3.63) is 11.6 Å². The average Bonchev–Trinajstić information content (AvgIpc) is 2.83. The van der Waals surface area contributed by atoms with Crippen LogP contribution in [0, 0.1) is 0 Å². The highest BCUT2D eigenvalue weighted by Crippen LogP contribution is 2.31. The van der Waals surface area contributed by atoms with E-state index in [0.29, 0.717) is 11.7 Å². The summed E-state index contributed by atoms with van der Waals surface area (Å²) in [4.78, 5) is 0. The molecule has 1 aliphatic rings. The SMILES string of the molecule is CCC1OCCC1c1nnc(CO)n1C. The van der Waals surface area contributed by atoms with Crippen molar-refractivity contribution in [3.63, 3.8) is 0 Å². The Morgan fingerprint density at radius 1 is 1.53 bits per heavy atom. The van der Waals surface area contributed by atoms with Crippen LogP contribution in [-0.4, -0.2) is 32.6 Å². The van der Waals surface area contributed by atoms with E-state index in [4.69, 9.17) is 9.84 Å². The lowest BCUT2D eigenvalue weighted by molar-refractivity contribution is 0.0989. The highest BCUT2D eigenvalue weighted by Gasteiger charge is 2.32. The maximum atomic E-state index is 9.04. The van der Waals surface area contributed by atoms with Gasteiger partial charge in [-0.3, -0.25) is 0 Å². The van der Waals surface area contributed by atoms with E-state index in [9.17, 15) is 0 Å². The van der Waals surface area contributed by atoms with Crippen LogP contribution in [0.25, 0.3) is 0 Å². The predicted molar refractivity (Wildman–Crippen MR) is 54.3 cm³/mol. The molecule has 0 spiro atoms. The monoisotopic (exact) mass is 211 g/mol. The van der Waals surface area contributed by atoms with Crippen LogP contribution in [0.4, 0.5) is 0 Å². The second-order valence-electron chi connectivity index (χ2n) is 3.90. The van der Waals surface area contributed by atoms with Crippen LogP contribution in [-0.2, 0) is 18.4 Å². The topological polar surface area (TPSA) is 60.2 Å². The standard InChI is InChI=1S/C10H17N3O2/c1-3-8-7(4-5-15-8)10-12-11-9(6-14)13(10)2/h7-8,14H,3-6H2,1-2H3. The van der Waals surface area contributed by atoms with Crippen molar-refractivity contribution in [3.8, 4) is 0 Å². The molecule has 5 nitrogen and oxygen atoms in total. The van der Waals surface area contributed by atoms with Crippen molar-refractivity contribution in [2.75, 3.05) is 6.61 Å². The Morgan fingerprint density at radius 2 is 2.33 bits per heavy atom. The fourth-order valence-electron chi connectivity index (χ4n) is 2.18. The van der Waals surface area contributed by atoms with Crippen molar-refractivity contribution in [2.45, 2.75) is 38.4 Å². The molecule has 2 rings (SSSR count). The summed E-state index contributed by atoms with van der Waals surface area (Å²) in [7, 11) is 1.89. The summed E-state index contributed by atoms with van der Waals surface area (Å²) in [5.74, 6) is 1.88.